The lowest BCUT2D eigenvalue weighted by Crippen LogP contribution is -2.05. The number of hydrogen-bond acceptors (Lipinski definition) is 3. The summed E-state index contributed by atoms with van der Waals surface area (Å²) in [6.45, 7) is -0.106. The summed E-state index contributed by atoms with van der Waals surface area (Å²) in [5, 5.41) is 20.5. The number of nitrogens with one attached hydrogen (secondary N) is 1. The van der Waals surface area contributed by atoms with Gasteiger partial charge in [-0.15, -0.1) is 0 Å². The number of nitrogens with zero attached hydrogens (tertiary/aromatic N) is 2. The van der Waals surface area contributed by atoms with E-state index in [9.17, 15) is 8.78 Å². The molecule has 0 spiro atoms. The summed E-state index contributed by atoms with van der Waals surface area (Å²) in [7, 11) is 0. The molecular weight excluding hydrogens is 296 g/mol. The first-order valence-electron chi connectivity index (χ1n) is 5.86. The molecule has 0 saturated carbocycles. The summed E-state index contributed by atoms with van der Waals surface area (Å²) in [4.78, 5) is 0. The van der Waals surface area contributed by atoms with Crippen LogP contribution in [-0.2, 0) is 6.54 Å². The highest BCUT2D eigenvalue weighted by Gasteiger charge is 2.11. The standard InChI is InChI=1S/C15H8ClF2N3/c16-13-5-11(2-1-10(13)7-20)21-8-12-14(17)3-9(6-19)4-15(12)18/h1-5,21H,8H2. The zero-order valence-corrected chi connectivity index (χ0v) is 11.4. The van der Waals surface area contributed by atoms with E-state index in [1.54, 1.807) is 12.1 Å². The highest BCUT2D eigenvalue weighted by Crippen LogP contribution is 2.22. The maximum absolute atomic E-state index is 13.7. The maximum atomic E-state index is 13.7. The normalized spacial score (nSPS) is 9.76. The van der Waals surface area contributed by atoms with E-state index >= 15 is 0 Å². The van der Waals surface area contributed by atoms with E-state index in [0.717, 1.165) is 12.1 Å². The molecule has 1 N–H and O–H groups in total. The van der Waals surface area contributed by atoms with E-state index in [4.69, 9.17) is 22.1 Å². The average Bonchev–Trinajstić information content (AvgIpc) is 2.46. The van der Waals surface area contributed by atoms with Crippen LogP contribution in [0.3, 0.4) is 0 Å². The number of halogens is 3. The molecule has 0 aliphatic rings. The van der Waals surface area contributed by atoms with Crippen LogP contribution in [0.1, 0.15) is 16.7 Å². The monoisotopic (exact) mass is 303 g/mol. The summed E-state index contributed by atoms with van der Waals surface area (Å²) >= 11 is 5.87. The molecule has 2 rings (SSSR count). The van der Waals surface area contributed by atoms with Crippen LogP contribution in [0.15, 0.2) is 30.3 Å². The van der Waals surface area contributed by atoms with Crippen LogP contribution in [0.4, 0.5) is 14.5 Å². The summed E-state index contributed by atoms with van der Waals surface area (Å²) in [5.74, 6) is -1.59. The van der Waals surface area contributed by atoms with Gasteiger partial charge in [-0.1, -0.05) is 11.6 Å². The third-order valence-corrected chi connectivity index (χ3v) is 3.14. The smallest absolute Gasteiger partial charge is 0.132 e. The summed E-state index contributed by atoms with van der Waals surface area (Å²) < 4.78 is 27.4. The SMILES string of the molecule is N#Cc1cc(F)c(CNc2ccc(C#N)c(Cl)c2)c(F)c1. The van der Waals surface area contributed by atoms with Crippen molar-refractivity contribution in [3.8, 4) is 12.1 Å². The second-order valence-electron chi connectivity index (χ2n) is 4.19. The van der Waals surface area contributed by atoms with Gasteiger partial charge < -0.3 is 5.32 Å². The molecule has 0 fully saturated rings. The fourth-order valence-corrected chi connectivity index (χ4v) is 1.97. The van der Waals surface area contributed by atoms with Gasteiger partial charge in [0.15, 0.2) is 0 Å². The van der Waals surface area contributed by atoms with Gasteiger partial charge in [0, 0.05) is 17.8 Å². The van der Waals surface area contributed by atoms with Crippen LogP contribution in [0.25, 0.3) is 0 Å². The second kappa shape index (κ2) is 6.21. The van der Waals surface area contributed by atoms with E-state index in [0.29, 0.717) is 11.3 Å². The van der Waals surface area contributed by atoms with Gasteiger partial charge >= 0.3 is 0 Å². The van der Waals surface area contributed by atoms with Crippen molar-refractivity contribution in [2.24, 2.45) is 0 Å². The van der Waals surface area contributed by atoms with Gasteiger partial charge in [-0.3, -0.25) is 0 Å². The van der Waals surface area contributed by atoms with Gasteiger partial charge in [-0.05, 0) is 30.3 Å². The van der Waals surface area contributed by atoms with E-state index < -0.39 is 11.6 Å². The molecule has 0 heterocycles. The lowest BCUT2D eigenvalue weighted by molar-refractivity contribution is 0.559. The maximum Gasteiger partial charge on any atom is 0.132 e. The van der Waals surface area contributed by atoms with E-state index in [2.05, 4.69) is 5.32 Å². The highest BCUT2D eigenvalue weighted by molar-refractivity contribution is 6.32. The molecule has 0 atom stereocenters. The Bertz CT molecular complexity index is 752. The number of hydrogen-bond donors (Lipinski definition) is 1. The van der Waals surface area contributed by atoms with Crippen molar-refractivity contribution in [3.05, 3.63) is 63.7 Å². The van der Waals surface area contributed by atoms with Crippen LogP contribution >= 0.6 is 11.6 Å². The van der Waals surface area contributed by atoms with Crippen molar-refractivity contribution in [1.29, 1.82) is 10.5 Å². The molecule has 6 heteroatoms. The second-order valence-corrected chi connectivity index (χ2v) is 4.60. The Hall–Kier alpha value is -2.63. The Labute approximate surface area is 125 Å². The topological polar surface area (TPSA) is 59.6 Å². The molecule has 0 aromatic heterocycles. The lowest BCUT2D eigenvalue weighted by atomic mass is 10.1. The van der Waals surface area contributed by atoms with E-state index in [1.807, 2.05) is 6.07 Å². The number of anilines is 1. The van der Waals surface area contributed by atoms with Crippen LogP contribution in [0, 0.1) is 34.3 Å². The first kappa shape index (κ1) is 14.8. The van der Waals surface area contributed by atoms with Crippen molar-refractivity contribution in [1.82, 2.24) is 0 Å². The molecule has 104 valence electrons. The number of rotatable bonds is 3. The predicted molar refractivity (Wildman–Crippen MR) is 74.6 cm³/mol. The molecule has 0 bridgehead atoms. The van der Waals surface area contributed by atoms with Crippen molar-refractivity contribution in [2.75, 3.05) is 5.32 Å². The van der Waals surface area contributed by atoms with Gasteiger partial charge in [0.25, 0.3) is 0 Å². The van der Waals surface area contributed by atoms with Crippen molar-refractivity contribution < 1.29 is 8.78 Å². The molecular formula is C15H8ClF2N3. The van der Waals surface area contributed by atoms with Crippen molar-refractivity contribution in [2.45, 2.75) is 6.54 Å². The number of nitriles is 2. The lowest BCUT2D eigenvalue weighted by Gasteiger charge is -2.09. The third kappa shape index (κ3) is 3.28. The minimum atomic E-state index is -0.793. The van der Waals surface area contributed by atoms with Crippen LogP contribution in [0.2, 0.25) is 5.02 Å². The van der Waals surface area contributed by atoms with Crippen molar-refractivity contribution >= 4 is 17.3 Å². The van der Waals surface area contributed by atoms with Gasteiger partial charge in [0.05, 0.1) is 22.2 Å². The largest absolute Gasteiger partial charge is 0.381 e. The number of benzene rings is 2. The van der Waals surface area contributed by atoms with E-state index in [1.165, 1.54) is 12.1 Å². The first-order valence-corrected chi connectivity index (χ1v) is 6.24. The van der Waals surface area contributed by atoms with Crippen LogP contribution in [0.5, 0.6) is 0 Å². The molecule has 0 amide bonds. The fourth-order valence-electron chi connectivity index (χ4n) is 1.74. The molecule has 0 aliphatic heterocycles. The van der Waals surface area contributed by atoms with Gasteiger partial charge in [-0.2, -0.15) is 10.5 Å². The fraction of sp³-hybridized carbons (Fsp3) is 0.0667. The Morgan fingerprint density at radius 2 is 1.71 bits per heavy atom. The summed E-state index contributed by atoms with van der Waals surface area (Å²) in [5.41, 5.74) is 0.602. The van der Waals surface area contributed by atoms with Crippen molar-refractivity contribution in [3.63, 3.8) is 0 Å². The molecule has 3 nitrogen and oxygen atoms in total. The van der Waals surface area contributed by atoms with E-state index in [-0.39, 0.29) is 22.7 Å². The minimum absolute atomic E-state index is 0.0739. The van der Waals surface area contributed by atoms with Gasteiger partial charge in [-0.25, -0.2) is 8.78 Å². The van der Waals surface area contributed by atoms with Crippen LogP contribution in [-0.4, -0.2) is 0 Å². The highest BCUT2D eigenvalue weighted by atomic mass is 35.5. The predicted octanol–water partition coefficient (Wildman–Crippen LogP) is 3.97. The molecule has 0 unspecified atom stereocenters. The summed E-state index contributed by atoms with van der Waals surface area (Å²) in [6.07, 6.45) is 0. The molecule has 0 aliphatic carbocycles. The summed E-state index contributed by atoms with van der Waals surface area (Å²) in [6, 6.07) is 10.2. The molecule has 2 aromatic rings. The Kier molecular flexibility index (Phi) is 4.37. The molecule has 0 radical (unpaired) electrons. The Balaban J connectivity index is 2.19. The zero-order valence-electron chi connectivity index (χ0n) is 10.6. The Morgan fingerprint density at radius 1 is 1.05 bits per heavy atom. The molecule has 0 saturated heterocycles. The minimum Gasteiger partial charge on any atom is -0.381 e. The van der Waals surface area contributed by atoms with Crippen LogP contribution < -0.4 is 5.32 Å². The molecule has 21 heavy (non-hydrogen) atoms. The quantitative estimate of drug-likeness (QED) is 0.933. The van der Waals surface area contributed by atoms with Gasteiger partial charge in [0.2, 0.25) is 0 Å². The third-order valence-electron chi connectivity index (χ3n) is 2.83. The molecule has 2 aromatic carbocycles. The first-order chi connectivity index (χ1) is 10.0. The zero-order chi connectivity index (χ0) is 15.4. The Morgan fingerprint density at radius 3 is 2.24 bits per heavy atom. The average molecular weight is 304 g/mol. The van der Waals surface area contributed by atoms with Gasteiger partial charge in [0.1, 0.15) is 17.7 Å².